The fraction of sp³-hybridized carbons (Fsp3) is 0.286. The molecule has 3 aromatic carbocycles. The lowest BCUT2D eigenvalue weighted by molar-refractivity contribution is -0.126. The highest BCUT2D eigenvalue weighted by Gasteiger charge is 2.60. The van der Waals surface area contributed by atoms with Crippen LogP contribution in [-0.4, -0.2) is 24.5 Å². The van der Waals surface area contributed by atoms with E-state index in [1.54, 1.807) is 17.2 Å². The number of unbranched alkanes of at least 4 members (excludes halogenated alkanes) is 2. The standard InChI is InChI=1S/C28H28N2O4/c1-2-3-10-19-33-23-17-15-21(16-18-23)29-27(31)24-25(20-11-6-4-7-12-20)30(34-26(24)28(29)32)22-13-8-5-9-14-22/h4-9,11-18,24-26H,2-3,10,19H2,1H3/t24-,25+,26-/m0/s1. The van der Waals surface area contributed by atoms with Gasteiger partial charge in [0.2, 0.25) is 5.91 Å². The van der Waals surface area contributed by atoms with Crippen molar-refractivity contribution in [1.82, 2.24) is 0 Å². The molecule has 3 atom stereocenters. The van der Waals surface area contributed by atoms with Crippen molar-refractivity contribution in [2.45, 2.75) is 38.3 Å². The number of hydrogen-bond donors (Lipinski definition) is 0. The lowest BCUT2D eigenvalue weighted by atomic mass is 9.90. The van der Waals surface area contributed by atoms with Crippen LogP contribution in [0.25, 0.3) is 0 Å². The number of benzene rings is 3. The molecule has 6 heteroatoms. The second-order valence-electron chi connectivity index (χ2n) is 8.63. The Kier molecular flexibility index (Phi) is 6.32. The van der Waals surface area contributed by atoms with E-state index in [0.29, 0.717) is 12.3 Å². The summed E-state index contributed by atoms with van der Waals surface area (Å²) in [5.41, 5.74) is 2.27. The van der Waals surface area contributed by atoms with Gasteiger partial charge in [-0.25, -0.2) is 9.96 Å². The number of para-hydroxylation sites is 1. The molecule has 2 aliphatic rings. The number of anilines is 2. The lowest BCUT2D eigenvalue weighted by Gasteiger charge is -2.28. The Morgan fingerprint density at radius 3 is 2.15 bits per heavy atom. The third kappa shape index (κ3) is 4.05. The van der Waals surface area contributed by atoms with Crippen molar-refractivity contribution < 1.29 is 19.2 Å². The van der Waals surface area contributed by atoms with Crippen molar-refractivity contribution >= 4 is 23.2 Å². The molecule has 0 bridgehead atoms. The Balaban J connectivity index is 1.41. The Bertz CT molecular complexity index is 1130. The number of amides is 2. The summed E-state index contributed by atoms with van der Waals surface area (Å²) in [5, 5.41) is 1.71. The monoisotopic (exact) mass is 456 g/mol. The molecule has 2 fully saturated rings. The van der Waals surface area contributed by atoms with Gasteiger partial charge in [0, 0.05) is 0 Å². The van der Waals surface area contributed by atoms with Crippen LogP contribution in [-0.2, 0) is 14.4 Å². The zero-order chi connectivity index (χ0) is 23.5. The van der Waals surface area contributed by atoms with Crippen LogP contribution in [0.5, 0.6) is 5.75 Å². The van der Waals surface area contributed by atoms with Crippen LogP contribution in [0, 0.1) is 5.92 Å². The number of carbonyl (C=O) groups is 2. The molecule has 6 nitrogen and oxygen atoms in total. The molecule has 0 aromatic heterocycles. The number of rotatable bonds is 8. The molecular weight excluding hydrogens is 428 g/mol. The van der Waals surface area contributed by atoms with Gasteiger partial charge in [0.1, 0.15) is 11.7 Å². The first-order valence-electron chi connectivity index (χ1n) is 11.9. The van der Waals surface area contributed by atoms with Crippen molar-refractivity contribution in [3.8, 4) is 5.75 Å². The summed E-state index contributed by atoms with van der Waals surface area (Å²) in [6.07, 6.45) is 2.39. The first-order valence-corrected chi connectivity index (χ1v) is 11.9. The Labute approximate surface area is 199 Å². The van der Waals surface area contributed by atoms with E-state index in [0.717, 1.165) is 36.3 Å². The SMILES string of the molecule is CCCCCOc1ccc(N2C(=O)[C@@H]3[C@H](ON(c4ccccc4)[C@@H]3c3ccccc3)C2=O)cc1. The summed E-state index contributed by atoms with van der Waals surface area (Å²) in [4.78, 5) is 34.5. The number of carbonyl (C=O) groups excluding carboxylic acids is 2. The molecule has 0 spiro atoms. The summed E-state index contributed by atoms with van der Waals surface area (Å²) >= 11 is 0. The van der Waals surface area contributed by atoms with Crippen LogP contribution in [0.2, 0.25) is 0 Å². The molecule has 0 saturated carbocycles. The smallest absolute Gasteiger partial charge is 0.266 e. The summed E-state index contributed by atoms with van der Waals surface area (Å²) in [5.74, 6) is -0.502. The van der Waals surface area contributed by atoms with Crippen molar-refractivity contribution in [2.75, 3.05) is 16.6 Å². The molecule has 0 N–H and O–H groups in total. The largest absolute Gasteiger partial charge is 0.494 e. The van der Waals surface area contributed by atoms with Gasteiger partial charge >= 0.3 is 0 Å². The minimum absolute atomic E-state index is 0.251. The average molecular weight is 457 g/mol. The van der Waals surface area contributed by atoms with Crippen LogP contribution in [0.1, 0.15) is 37.8 Å². The zero-order valence-corrected chi connectivity index (χ0v) is 19.2. The normalized spacial score (nSPS) is 21.7. The maximum Gasteiger partial charge on any atom is 0.266 e. The fourth-order valence-corrected chi connectivity index (χ4v) is 4.69. The highest BCUT2D eigenvalue weighted by molar-refractivity contribution is 6.23. The van der Waals surface area contributed by atoms with Gasteiger partial charge in [-0.05, 0) is 48.4 Å². The van der Waals surface area contributed by atoms with E-state index in [4.69, 9.17) is 9.57 Å². The predicted octanol–water partition coefficient (Wildman–Crippen LogP) is 5.31. The third-order valence-corrected chi connectivity index (χ3v) is 6.38. The summed E-state index contributed by atoms with van der Waals surface area (Å²) < 4.78 is 5.77. The molecule has 0 radical (unpaired) electrons. The first-order chi connectivity index (χ1) is 16.7. The number of nitrogens with zero attached hydrogens (tertiary/aromatic N) is 2. The lowest BCUT2D eigenvalue weighted by Crippen LogP contribution is -2.37. The van der Waals surface area contributed by atoms with E-state index in [2.05, 4.69) is 6.92 Å². The van der Waals surface area contributed by atoms with Crippen LogP contribution < -0.4 is 14.7 Å². The molecule has 174 valence electrons. The molecule has 5 rings (SSSR count). The van der Waals surface area contributed by atoms with E-state index >= 15 is 0 Å². The minimum Gasteiger partial charge on any atom is -0.494 e. The summed E-state index contributed by atoms with van der Waals surface area (Å²) in [7, 11) is 0. The molecule has 0 aliphatic carbocycles. The molecule has 2 amide bonds. The van der Waals surface area contributed by atoms with Crippen molar-refractivity contribution in [3.63, 3.8) is 0 Å². The molecule has 34 heavy (non-hydrogen) atoms. The highest BCUT2D eigenvalue weighted by Crippen LogP contribution is 2.47. The summed E-state index contributed by atoms with van der Waals surface area (Å²) in [6.45, 7) is 2.81. The molecule has 2 saturated heterocycles. The Morgan fingerprint density at radius 1 is 0.794 bits per heavy atom. The topological polar surface area (TPSA) is 59.1 Å². The third-order valence-electron chi connectivity index (χ3n) is 6.38. The van der Waals surface area contributed by atoms with Gasteiger partial charge in [-0.3, -0.25) is 14.4 Å². The predicted molar refractivity (Wildman–Crippen MR) is 130 cm³/mol. The van der Waals surface area contributed by atoms with Crippen LogP contribution in [0.3, 0.4) is 0 Å². The van der Waals surface area contributed by atoms with Crippen LogP contribution in [0.4, 0.5) is 11.4 Å². The fourth-order valence-electron chi connectivity index (χ4n) is 4.69. The van der Waals surface area contributed by atoms with Gasteiger partial charge < -0.3 is 4.74 Å². The zero-order valence-electron chi connectivity index (χ0n) is 19.2. The molecule has 2 aliphatic heterocycles. The molecular formula is C28H28N2O4. The summed E-state index contributed by atoms with van der Waals surface area (Å²) in [6, 6.07) is 26.1. The second-order valence-corrected chi connectivity index (χ2v) is 8.63. The minimum atomic E-state index is -0.872. The van der Waals surface area contributed by atoms with Gasteiger partial charge in [0.15, 0.2) is 6.10 Å². The van der Waals surface area contributed by atoms with Crippen LogP contribution >= 0.6 is 0 Å². The van der Waals surface area contributed by atoms with Gasteiger partial charge in [0.05, 0.1) is 24.0 Å². The van der Waals surface area contributed by atoms with Gasteiger partial charge in [-0.1, -0.05) is 68.3 Å². The Hall–Kier alpha value is -3.64. The number of hydrogen-bond acceptors (Lipinski definition) is 5. The number of imide groups is 1. The van der Waals surface area contributed by atoms with Crippen molar-refractivity contribution in [3.05, 3.63) is 90.5 Å². The average Bonchev–Trinajstić information content (AvgIpc) is 3.39. The molecule has 2 heterocycles. The van der Waals surface area contributed by atoms with Gasteiger partial charge in [-0.2, -0.15) is 0 Å². The molecule has 0 unspecified atom stereocenters. The van der Waals surface area contributed by atoms with Gasteiger partial charge in [0.25, 0.3) is 5.91 Å². The van der Waals surface area contributed by atoms with E-state index in [1.165, 1.54) is 4.90 Å². The van der Waals surface area contributed by atoms with Crippen molar-refractivity contribution in [1.29, 1.82) is 0 Å². The molecule has 3 aromatic rings. The van der Waals surface area contributed by atoms with Gasteiger partial charge in [-0.15, -0.1) is 0 Å². The highest BCUT2D eigenvalue weighted by atomic mass is 16.7. The van der Waals surface area contributed by atoms with E-state index in [1.807, 2.05) is 72.8 Å². The number of fused-ring (bicyclic) bond motifs is 1. The second kappa shape index (κ2) is 9.69. The Morgan fingerprint density at radius 2 is 1.47 bits per heavy atom. The van der Waals surface area contributed by atoms with Crippen LogP contribution in [0.15, 0.2) is 84.9 Å². The quantitative estimate of drug-likeness (QED) is 0.340. The van der Waals surface area contributed by atoms with E-state index < -0.39 is 18.1 Å². The van der Waals surface area contributed by atoms with E-state index in [-0.39, 0.29) is 11.8 Å². The number of ether oxygens (including phenoxy) is 1. The van der Waals surface area contributed by atoms with Crippen molar-refractivity contribution in [2.24, 2.45) is 5.92 Å². The maximum absolute atomic E-state index is 13.7. The van der Waals surface area contributed by atoms with E-state index in [9.17, 15) is 9.59 Å². The number of hydroxylamine groups is 1. The first kappa shape index (κ1) is 22.2. The maximum atomic E-state index is 13.7.